The lowest BCUT2D eigenvalue weighted by Gasteiger charge is -2.06. The third kappa shape index (κ3) is 3.40. The first-order chi connectivity index (χ1) is 9.70. The Kier molecular flexibility index (Phi) is 4.43. The molecule has 1 amide bonds. The van der Waals surface area contributed by atoms with Crippen LogP contribution < -0.4 is 11.1 Å². The molecule has 0 radical (unpaired) electrons. The van der Waals surface area contributed by atoms with Crippen LogP contribution in [0.25, 0.3) is 0 Å². The van der Waals surface area contributed by atoms with Crippen LogP contribution in [-0.2, 0) is 0 Å². The maximum absolute atomic E-state index is 13.7. The summed E-state index contributed by atoms with van der Waals surface area (Å²) in [5.74, 6) is 4.25. The summed E-state index contributed by atoms with van der Waals surface area (Å²) in [6.07, 6.45) is 3.06. The van der Waals surface area contributed by atoms with Crippen LogP contribution in [0.5, 0.6) is 0 Å². The van der Waals surface area contributed by atoms with Gasteiger partial charge in [0.05, 0.1) is 24.0 Å². The maximum Gasteiger partial charge on any atom is 0.258 e. The summed E-state index contributed by atoms with van der Waals surface area (Å²) in [6, 6.07) is 7.44. The number of rotatable bonds is 2. The van der Waals surface area contributed by atoms with E-state index in [0.29, 0.717) is 11.3 Å². The maximum atomic E-state index is 13.7. The second-order valence-corrected chi connectivity index (χ2v) is 3.90. The van der Waals surface area contributed by atoms with Crippen LogP contribution in [0.1, 0.15) is 15.9 Å². The third-order valence-electron chi connectivity index (χ3n) is 2.47. The number of hydrogen-bond donors (Lipinski definition) is 2. The van der Waals surface area contributed by atoms with Crippen molar-refractivity contribution in [2.75, 3.05) is 11.9 Å². The Morgan fingerprint density at radius 3 is 2.95 bits per heavy atom. The molecule has 1 aromatic heterocycles. The predicted octanol–water partition coefficient (Wildman–Crippen LogP) is 1.78. The first kappa shape index (κ1) is 13.7. The van der Waals surface area contributed by atoms with E-state index in [1.807, 2.05) is 0 Å². The third-order valence-corrected chi connectivity index (χ3v) is 2.47. The Bertz CT molecular complexity index is 675. The molecule has 100 valence electrons. The Labute approximate surface area is 115 Å². The fourth-order valence-corrected chi connectivity index (χ4v) is 1.57. The van der Waals surface area contributed by atoms with E-state index < -0.39 is 11.7 Å². The number of nitrogens with zero attached hydrogens (tertiary/aromatic N) is 1. The zero-order valence-electron chi connectivity index (χ0n) is 10.6. The van der Waals surface area contributed by atoms with Crippen molar-refractivity contribution >= 4 is 11.6 Å². The van der Waals surface area contributed by atoms with Gasteiger partial charge in [0.1, 0.15) is 5.82 Å². The highest BCUT2D eigenvalue weighted by molar-refractivity contribution is 6.04. The summed E-state index contributed by atoms with van der Waals surface area (Å²) >= 11 is 0. The van der Waals surface area contributed by atoms with E-state index >= 15 is 0 Å². The molecule has 0 fully saturated rings. The molecule has 2 aromatic rings. The van der Waals surface area contributed by atoms with E-state index in [-0.39, 0.29) is 12.1 Å². The van der Waals surface area contributed by atoms with Crippen molar-refractivity contribution in [2.24, 2.45) is 5.73 Å². The van der Waals surface area contributed by atoms with Crippen molar-refractivity contribution in [3.63, 3.8) is 0 Å². The fourth-order valence-electron chi connectivity index (χ4n) is 1.57. The van der Waals surface area contributed by atoms with Gasteiger partial charge in [0.15, 0.2) is 0 Å². The molecule has 4 nitrogen and oxygen atoms in total. The van der Waals surface area contributed by atoms with Gasteiger partial charge in [-0.15, -0.1) is 0 Å². The molecule has 2 rings (SSSR count). The minimum atomic E-state index is -0.607. The molecule has 0 aliphatic rings. The molecule has 1 heterocycles. The van der Waals surface area contributed by atoms with Gasteiger partial charge in [-0.05, 0) is 30.3 Å². The highest BCUT2D eigenvalue weighted by atomic mass is 19.1. The van der Waals surface area contributed by atoms with Crippen LogP contribution in [0.2, 0.25) is 0 Å². The van der Waals surface area contributed by atoms with Crippen molar-refractivity contribution in [1.82, 2.24) is 4.98 Å². The van der Waals surface area contributed by atoms with Gasteiger partial charge in [-0.2, -0.15) is 0 Å². The molecule has 20 heavy (non-hydrogen) atoms. The number of aromatic nitrogens is 1. The number of nitrogens with two attached hydrogens (primary N) is 1. The van der Waals surface area contributed by atoms with Gasteiger partial charge < -0.3 is 11.1 Å². The molecule has 0 aliphatic carbocycles. The Morgan fingerprint density at radius 1 is 1.40 bits per heavy atom. The van der Waals surface area contributed by atoms with Gasteiger partial charge in [0.25, 0.3) is 5.91 Å². The first-order valence-electron chi connectivity index (χ1n) is 5.90. The molecular formula is C15H12FN3O. The van der Waals surface area contributed by atoms with Crippen LogP contribution in [0.15, 0.2) is 42.7 Å². The average molecular weight is 269 g/mol. The van der Waals surface area contributed by atoms with Crippen molar-refractivity contribution < 1.29 is 9.18 Å². The molecule has 0 atom stereocenters. The fraction of sp³-hybridized carbons (Fsp3) is 0.0667. The van der Waals surface area contributed by atoms with Crippen molar-refractivity contribution in [1.29, 1.82) is 0 Å². The molecule has 0 bridgehead atoms. The number of benzene rings is 1. The highest BCUT2D eigenvalue weighted by Crippen LogP contribution is 2.13. The van der Waals surface area contributed by atoms with Crippen LogP contribution in [0.4, 0.5) is 10.1 Å². The lowest BCUT2D eigenvalue weighted by molar-refractivity contribution is 0.102. The first-order valence-corrected chi connectivity index (χ1v) is 5.90. The lowest BCUT2D eigenvalue weighted by atomic mass is 10.1. The van der Waals surface area contributed by atoms with Gasteiger partial charge in [-0.1, -0.05) is 11.8 Å². The van der Waals surface area contributed by atoms with E-state index in [1.54, 1.807) is 18.3 Å². The van der Waals surface area contributed by atoms with Gasteiger partial charge >= 0.3 is 0 Å². The SMILES string of the molecule is NCC#Cc1ccc(F)c(C(=O)Nc2cccnc2)c1. The Morgan fingerprint density at radius 2 is 2.25 bits per heavy atom. The number of anilines is 1. The molecule has 0 saturated carbocycles. The van der Waals surface area contributed by atoms with Crippen LogP contribution in [0.3, 0.4) is 0 Å². The van der Waals surface area contributed by atoms with E-state index in [0.717, 1.165) is 0 Å². The topological polar surface area (TPSA) is 68.0 Å². The summed E-state index contributed by atoms with van der Waals surface area (Å²) in [7, 11) is 0. The van der Waals surface area contributed by atoms with E-state index in [1.165, 1.54) is 24.4 Å². The normalized spacial score (nSPS) is 9.50. The zero-order chi connectivity index (χ0) is 14.4. The molecule has 0 saturated heterocycles. The highest BCUT2D eigenvalue weighted by Gasteiger charge is 2.12. The van der Waals surface area contributed by atoms with Gasteiger partial charge in [-0.25, -0.2) is 4.39 Å². The Balaban J connectivity index is 2.25. The van der Waals surface area contributed by atoms with Gasteiger partial charge in [0.2, 0.25) is 0 Å². The lowest BCUT2D eigenvalue weighted by Crippen LogP contribution is -2.14. The number of hydrogen-bond acceptors (Lipinski definition) is 3. The summed E-state index contributed by atoms with van der Waals surface area (Å²) in [6.45, 7) is 0.203. The number of carbonyl (C=O) groups is 1. The van der Waals surface area contributed by atoms with Gasteiger partial charge in [-0.3, -0.25) is 9.78 Å². The van der Waals surface area contributed by atoms with Gasteiger partial charge in [0, 0.05) is 11.8 Å². The Hall–Kier alpha value is -2.71. The summed E-state index contributed by atoms with van der Waals surface area (Å²) in [4.78, 5) is 15.9. The van der Waals surface area contributed by atoms with E-state index in [2.05, 4.69) is 22.1 Å². The largest absolute Gasteiger partial charge is 0.320 e. The number of pyridine rings is 1. The molecular weight excluding hydrogens is 257 g/mol. The number of amides is 1. The summed E-state index contributed by atoms with van der Waals surface area (Å²) < 4.78 is 13.7. The van der Waals surface area contributed by atoms with Crippen molar-refractivity contribution in [2.45, 2.75) is 0 Å². The van der Waals surface area contributed by atoms with Crippen LogP contribution in [-0.4, -0.2) is 17.4 Å². The van der Waals surface area contributed by atoms with E-state index in [9.17, 15) is 9.18 Å². The van der Waals surface area contributed by atoms with Crippen LogP contribution in [0, 0.1) is 17.7 Å². The second kappa shape index (κ2) is 6.45. The number of carbonyl (C=O) groups excluding carboxylic acids is 1. The summed E-state index contributed by atoms with van der Waals surface area (Å²) in [5.41, 5.74) is 6.23. The minimum Gasteiger partial charge on any atom is -0.320 e. The smallest absolute Gasteiger partial charge is 0.258 e. The molecule has 3 N–H and O–H groups in total. The van der Waals surface area contributed by atoms with E-state index in [4.69, 9.17) is 5.73 Å². The number of nitrogens with one attached hydrogen (secondary N) is 1. The average Bonchev–Trinajstić information content (AvgIpc) is 2.47. The summed E-state index contributed by atoms with van der Waals surface area (Å²) in [5, 5.41) is 2.57. The monoisotopic (exact) mass is 269 g/mol. The minimum absolute atomic E-state index is 0.0716. The molecule has 0 unspecified atom stereocenters. The van der Waals surface area contributed by atoms with Crippen molar-refractivity contribution in [3.05, 3.63) is 59.7 Å². The van der Waals surface area contributed by atoms with Crippen LogP contribution >= 0.6 is 0 Å². The second-order valence-electron chi connectivity index (χ2n) is 3.90. The zero-order valence-corrected chi connectivity index (χ0v) is 10.6. The molecule has 0 aliphatic heterocycles. The quantitative estimate of drug-likeness (QED) is 0.817. The van der Waals surface area contributed by atoms with Crippen molar-refractivity contribution in [3.8, 4) is 11.8 Å². The molecule has 1 aromatic carbocycles. The predicted molar refractivity (Wildman–Crippen MR) is 74.5 cm³/mol. The number of halogens is 1. The molecule has 5 heteroatoms. The molecule has 0 spiro atoms. The standard InChI is InChI=1S/C15H12FN3O/c16-14-6-5-11(3-1-7-17)9-13(14)15(20)19-12-4-2-8-18-10-12/h2,4-6,8-10H,7,17H2,(H,19,20).